The van der Waals surface area contributed by atoms with Crippen LogP contribution in [0.4, 0.5) is 0 Å². The van der Waals surface area contributed by atoms with Gasteiger partial charge in [-0.05, 0) is 12.1 Å². The number of nitrogens with zero attached hydrogens (tertiary/aromatic N) is 2. The van der Waals surface area contributed by atoms with E-state index in [1.165, 1.54) is 18.9 Å². The molecule has 4 nitrogen and oxygen atoms in total. The van der Waals surface area contributed by atoms with Gasteiger partial charge in [0, 0.05) is 5.75 Å². The van der Waals surface area contributed by atoms with Gasteiger partial charge in [-0.3, -0.25) is 4.79 Å². The van der Waals surface area contributed by atoms with Crippen molar-refractivity contribution in [3.05, 3.63) is 23.9 Å². The number of hydrogen-bond donors (Lipinski definition) is 0. The third-order valence-electron chi connectivity index (χ3n) is 1.62. The van der Waals surface area contributed by atoms with Crippen molar-refractivity contribution in [3.63, 3.8) is 0 Å². The van der Waals surface area contributed by atoms with Gasteiger partial charge in [-0.15, -0.1) is 11.8 Å². The SMILES string of the molecule is COC(=O)CCSc1cccc(C#N)n1. The van der Waals surface area contributed by atoms with Crippen LogP contribution < -0.4 is 0 Å². The van der Waals surface area contributed by atoms with Crippen molar-refractivity contribution in [1.29, 1.82) is 5.26 Å². The molecular weight excluding hydrogens is 212 g/mol. The van der Waals surface area contributed by atoms with Crippen molar-refractivity contribution in [2.24, 2.45) is 0 Å². The van der Waals surface area contributed by atoms with Gasteiger partial charge in [-0.1, -0.05) is 6.07 Å². The number of hydrogen-bond acceptors (Lipinski definition) is 5. The number of carbonyl (C=O) groups is 1. The lowest BCUT2D eigenvalue weighted by atomic mass is 10.4. The van der Waals surface area contributed by atoms with Crippen molar-refractivity contribution in [3.8, 4) is 6.07 Å². The Labute approximate surface area is 92.3 Å². The Morgan fingerprint density at radius 1 is 1.67 bits per heavy atom. The van der Waals surface area contributed by atoms with Gasteiger partial charge in [0.25, 0.3) is 0 Å². The van der Waals surface area contributed by atoms with E-state index in [1.807, 2.05) is 12.1 Å². The molecule has 0 radical (unpaired) electrons. The smallest absolute Gasteiger partial charge is 0.306 e. The number of methoxy groups -OCH3 is 1. The minimum absolute atomic E-state index is 0.237. The average Bonchev–Trinajstić information content (AvgIpc) is 2.29. The van der Waals surface area contributed by atoms with Crippen molar-refractivity contribution in [1.82, 2.24) is 4.98 Å². The minimum Gasteiger partial charge on any atom is -0.469 e. The molecule has 1 aromatic heterocycles. The van der Waals surface area contributed by atoms with E-state index in [1.54, 1.807) is 12.1 Å². The summed E-state index contributed by atoms with van der Waals surface area (Å²) in [6, 6.07) is 7.18. The van der Waals surface area contributed by atoms with Gasteiger partial charge in [-0.25, -0.2) is 4.98 Å². The lowest BCUT2D eigenvalue weighted by Gasteiger charge is -2.00. The van der Waals surface area contributed by atoms with E-state index in [0.717, 1.165) is 5.03 Å². The van der Waals surface area contributed by atoms with E-state index >= 15 is 0 Å². The summed E-state index contributed by atoms with van der Waals surface area (Å²) in [7, 11) is 1.36. The number of aromatic nitrogens is 1. The topological polar surface area (TPSA) is 63.0 Å². The van der Waals surface area contributed by atoms with Gasteiger partial charge in [0.1, 0.15) is 11.8 Å². The summed E-state index contributed by atoms with van der Waals surface area (Å²) >= 11 is 1.43. The molecule has 15 heavy (non-hydrogen) atoms. The first kappa shape index (κ1) is 11.5. The molecule has 0 aliphatic heterocycles. The lowest BCUT2D eigenvalue weighted by molar-refractivity contribution is -0.140. The Hall–Kier alpha value is -1.54. The second-order valence-electron chi connectivity index (χ2n) is 2.65. The molecule has 0 N–H and O–H groups in total. The minimum atomic E-state index is -0.237. The fraction of sp³-hybridized carbons (Fsp3) is 0.300. The van der Waals surface area contributed by atoms with E-state index < -0.39 is 0 Å². The number of ether oxygens (including phenoxy) is 1. The maximum Gasteiger partial charge on any atom is 0.306 e. The number of esters is 1. The lowest BCUT2D eigenvalue weighted by Crippen LogP contribution is -2.01. The van der Waals surface area contributed by atoms with Gasteiger partial charge in [0.05, 0.1) is 18.6 Å². The molecule has 0 aliphatic carbocycles. The maximum absolute atomic E-state index is 10.8. The highest BCUT2D eigenvalue weighted by Crippen LogP contribution is 2.16. The van der Waals surface area contributed by atoms with Gasteiger partial charge >= 0.3 is 5.97 Å². The van der Waals surface area contributed by atoms with Crippen LogP contribution in [0.3, 0.4) is 0 Å². The van der Waals surface area contributed by atoms with Crippen LogP contribution in [0.25, 0.3) is 0 Å². The van der Waals surface area contributed by atoms with E-state index in [4.69, 9.17) is 5.26 Å². The Morgan fingerprint density at radius 3 is 3.13 bits per heavy atom. The highest BCUT2D eigenvalue weighted by molar-refractivity contribution is 7.99. The monoisotopic (exact) mass is 222 g/mol. The molecule has 5 heteroatoms. The van der Waals surface area contributed by atoms with E-state index in [9.17, 15) is 4.79 Å². The van der Waals surface area contributed by atoms with Crippen molar-refractivity contribution in [2.45, 2.75) is 11.4 Å². The molecule has 0 bridgehead atoms. The molecular formula is C10H10N2O2S. The summed E-state index contributed by atoms with van der Waals surface area (Å²) in [4.78, 5) is 14.9. The molecule has 0 unspecified atom stereocenters. The van der Waals surface area contributed by atoms with Crippen LogP contribution in [-0.4, -0.2) is 23.8 Å². The largest absolute Gasteiger partial charge is 0.469 e. The number of nitriles is 1. The molecule has 0 aromatic carbocycles. The van der Waals surface area contributed by atoms with Gasteiger partial charge in [-0.2, -0.15) is 5.26 Å². The molecule has 0 fully saturated rings. The normalized spacial score (nSPS) is 9.33. The fourth-order valence-electron chi connectivity index (χ4n) is 0.898. The van der Waals surface area contributed by atoms with E-state index in [0.29, 0.717) is 17.9 Å². The maximum atomic E-state index is 10.8. The molecule has 0 atom stereocenters. The van der Waals surface area contributed by atoms with Gasteiger partial charge in [0.2, 0.25) is 0 Å². The van der Waals surface area contributed by atoms with E-state index in [-0.39, 0.29) is 5.97 Å². The Morgan fingerprint density at radius 2 is 2.47 bits per heavy atom. The summed E-state index contributed by atoms with van der Waals surface area (Å²) in [6.45, 7) is 0. The Bertz CT molecular complexity index is 387. The molecule has 78 valence electrons. The Balaban J connectivity index is 2.44. The van der Waals surface area contributed by atoms with Gasteiger partial charge < -0.3 is 4.74 Å². The summed E-state index contributed by atoms with van der Waals surface area (Å²) < 4.78 is 4.51. The summed E-state index contributed by atoms with van der Waals surface area (Å²) in [5, 5.41) is 9.37. The number of pyridine rings is 1. The summed E-state index contributed by atoms with van der Waals surface area (Å²) in [6.07, 6.45) is 0.347. The first-order chi connectivity index (χ1) is 7.26. The Kier molecular flexibility index (Phi) is 4.64. The third kappa shape index (κ3) is 4.00. The van der Waals surface area contributed by atoms with E-state index in [2.05, 4.69) is 9.72 Å². The standard InChI is InChI=1S/C10H10N2O2S/c1-14-10(13)5-6-15-9-4-2-3-8(7-11)12-9/h2-4H,5-6H2,1H3. The van der Waals surface area contributed by atoms with Crippen LogP contribution in [0.1, 0.15) is 12.1 Å². The van der Waals surface area contributed by atoms with Crippen LogP contribution in [-0.2, 0) is 9.53 Å². The van der Waals surface area contributed by atoms with Crippen LogP contribution in [0.5, 0.6) is 0 Å². The summed E-state index contributed by atoms with van der Waals surface area (Å²) in [5.41, 5.74) is 0.387. The number of carbonyl (C=O) groups excluding carboxylic acids is 1. The zero-order chi connectivity index (χ0) is 11.1. The van der Waals surface area contributed by atoms with Crippen LogP contribution in [0.15, 0.2) is 23.2 Å². The first-order valence-corrected chi connectivity index (χ1v) is 5.31. The average molecular weight is 222 g/mol. The quantitative estimate of drug-likeness (QED) is 0.572. The molecule has 0 saturated heterocycles. The van der Waals surface area contributed by atoms with Crippen LogP contribution in [0.2, 0.25) is 0 Å². The summed E-state index contributed by atoms with van der Waals surface area (Å²) in [5.74, 6) is 0.369. The second-order valence-corrected chi connectivity index (χ2v) is 3.76. The zero-order valence-corrected chi connectivity index (χ0v) is 9.08. The van der Waals surface area contributed by atoms with Crippen molar-refractivity contribution in [2.75, 3.05) is 12.9 Å². The fourth-order valence-corrected chi connectivity index (χ4v) is 1.71. The number of thioether (sulfide) groups is 1. The molecule has 1 rings (SSSR count). The first-order valence-electron chi connectivity index (χ1n) is 4.33. The predicted octanol–water partition coefficient (Wildman–Crippen LogP) is 1.61. The molecule has 1 aromatic rings. The molecule has 0 spiro atoms. The van der Waals surface area contributed by atoms with Crippen LogP contribution in [0, 0.1) is 11.3 Å². The highest BCUT2D eigenvalue weighted by Gasteiger charge is 2.02. The molecule has 1 heterocycles. The molecule has 0 saturated carbocycles. The molecule has 0 amide bonds. The second kappa shape index (κ2) is 6.04. The van der Waals surface area contributed by atoms with Crippen molar-refractivity contribution >= 4 is 17.7 Å². The predicted molar refractivity (Wildman–Crippen MR) is 56.3 cm³/mol. The van der Waals surface area contributed by atoms with Gasteiger partial charge in [0.15, 0.2) is 0 Å². The third-order valence-corrected chi connectivity index (χ3v) is 2.55. The highest BCUT2D eigenvalue weighted by atomic mass is 32.2. The van der Waals surface area contributed by atoms with Crippen LogP contribution >= 0.6 is 11.8 Å². The zero-order valence-electron chi connectivity index (χ0n) is 8.27. The number of rotatable bonds is 4. The molecule has 0 aliphatic rings. The van der Waals surface area contributed by atoms with Crippen molar-refractivity contribution < 1.29 is 9.53 Å².